The van der Waals surface area contributed by atoms with Crippen LogP contribution in [0, 0.1) is 11.8 Å². The molecule has 4 heteroatoms. The molecule has 0 aromatic rings. The minimum Gasteiger partial charge on any atom is -0.444 e. The largest absolute Gasteiger partial charge is 0.444 e. The highest BCUT2D eigenvalue weighted by Crippen LogP contribution is 2.29. The van der Waals surface area contributed by atoms with Crippen LogP contribution in [0.1, 0.15) is 73.1 Å². The molecular weight excluding hydrogens is 288 g/mol. The average Bonchev–Trinajstić information content (AvgIpc) is 2.67. The van der Waals surface area contributed by atoms with Crippen molar-refractivity contribution in [1.29, 1.82) is 0 Å². The van der Waals surface area contributed by atoms with Crippen molar-refractivity contribution in [2.75, 3.05) is 13.1 Å². The van der Waals surface area contributed by atoms with Crippen LogP contribution in [0.4, 0.5) is 4.79 Å². The Balaban J connectivity index is 1.95. The second kappa shape index (κ2) is 7.87. The number of hydrogen-bond donors (Lipinski definition) is 1. The van der Waals surface area contributed by atoms with E-state index in [2.05, 4.69) is 19.2 Å². The van der Waals surface area contributed by atoms with Gasteiger partial charge in [0.15, 0.2) is 0 Å². The molecule has 1 saturated heterocycles. The van der Waals surface area contributed by atoms with Crippen LogP contribution >= 0.6 is 0 Å². The van der Waals surface area contributed by atoms with Crippen molar-refractivity contribution in [3.8, 4) is 0 Å². The van der Waals surface area contributed by atoms with Gasteiger partial charge in [-0.05, 0) is 58.3 Å². The van der Waals surface area contributed by atoms with Crippen LogP contribution in [0.15, 0.2) is 0 Å². The molecule has 1 amide bonds. The van der Waals surface area contributed by atoms with E-state index in [1.54, 1.807) is 0 Å². The van der Waals surface area contributed by atoms with Gasteiger partial charge in [0.05, 0.1) is 0 Å². The molecule has 134 valence electrons. The molecule has 2 rings (SSSR count). The highest BCUT2D eigenvalue weighted by molar-refractivity contribution is 5.68. The summed E-state index contributed by atoms with van der Waals surface area (Å²) in [4.78, 5) is 14.3. The topological polar surface area (TPSA) is 41.6 Å². The number of ether oxygens (including phenoxy) is 1. The van der Waals surface area contributed by atoms with Crippen molar-refractivity contribution in [1.82, 2.24) is 10.2 Å². The minimum absolute atomic E-state index is 0.157. The summed E-state index contributed by atoms with van der Waals surface area (Å²) in [6, 6.07) is 0.991. The molecule has 0 bridgehead atoms. The van der Waals surface area contributed by atoms with E-state index in [0.29, 0.717) is 12.1 Å². The Labute approximate surface area is 142 Å². The Morgan fingerprint density at radius 1 is 1.04 bits per heavy atom. The van der Waals surface area contributed by atoms with E-state index >= 15 is 0 Å². The summed E-state index contributed by atoms with van der Waals surface area (Å²) in [5.74, 6) is 1.47. The van der Waals surface area contributed by atoms with E-state index in [-0.39, 0.29) is 6.09 Å². The summed E-state index contributed by atoms with van der Waals surface area (Å²) in [6.07, 6.45) is 7.27. The zero-order valence-corrected chi connectivity index (χ0v) is 15.7. The Kier molecular flexibility index (Phi) is 6.35. The second-order valence-electron chi connectivity index (χ2n) is 8.70. The van der Waals surface area contributed by atoms with Gasteiger partial charge in [0.2, 0.25) is 0 Å². The van der Waals surface area contributed by atoms with E-state index in [4.69, 9.17) is 4.74 Å². The van der Waals surface area contributed by atoms with E-state index in [1.807, 2.05) is 25.7 Å². The van der Waals surface area contributed by atoms with Gasteiger partial charge in [0, 0.05) is 25.2 Å². The lowest BCUT2D eigenvalue weighted by molar-refractivity contribution is 0.0236. The van der Waals surface area contributed by atoms with E-state index in [9.17, 15) is 4.79 Å². The molecule has 1 N–H and O–H groups in total. The van der Waals surface area contributed by atoms with Crippen LogP contribution in [0.25, 0.3) is 0 Å². The molecule has 3 unspecified atom stereocenters. The van der Waals surface area contributed by atoms with Crippen LogP contribution in [-0.2, 0) is 4.74 Å². The molecule has 1 aliphatic heterocycles. The average molecular weight is 325 g/mol. The van der Waals surface area contributed by atoms with E-state index < -0.39 is 5.60 Å². The third-order valence-corrected chi connectivity index (χ3v) is 5.30. The molecule has 2 aliphatic rings. The molecule has 0 radical (unpaired) electrons. The molecule has 4 nitrogen and oxygen atoms in total. The first-order valence-corrected chi connectivity index (χ1v) is 9.50. The maximum Gasteiger partial charge on any atom is 0.410 e. The summed E-state index contributed by atoms with van der Waals surface area (Å²) in [5, 5.41) is 3.90. The Bertz CT molecular complexity index is 381. The summed E-state index contributed by atoms with van der Waals surface area (Å²) < 4.78 is 5.57. The summed E-state index contributed by atoms with van der Waals surface area (Å²) in [5.41, 5.74) is -0.418. The summed E-state index contributed by atoms with van der Waals surface area (Å²) >= 11 is 0. The zero-order chi connectivity index (χ0) is 17.0. The van der Waals surface area contributed by atoms with Crippen LogP contribution in [0.2, 0.25) is 0 Å². The van der Waals surface area contributed by atoms with Gasteiger partial charge in [-0.15, -0.1) is 0 Å². The predicted octanol–water partition coefficient (Wildman–Crippen LogP) is 4.19. The van der Waals surface area contributed by atoms with Gasteiger partial charge >= 0.3 is 6.09 Å². The maximum atomic E-state index is 12.4. The first-order chi connectivity index (χ1) is 10.8. The normalized spacial score (nSPS) is 33.2. The van der Waals surface area contributed by atoms with Crippen molar-refractivity contribution in [2.24, 2.45) is 11.8 Å². The third kappa shape index (κ3) is 5.66. The first-order valence-electron chi connectivity index (χ1n) is 9.50. The molecule has 0 spiro atoms. The minimum atomic E-state index is -0.418. The zero-order valence-electron chi connectivity index (χ0n) is 15.7. The molecule has 3 atom stereocenters. The van der Waals surface area contributed by atoms with Gasteiger partial charge < -0.3 is 15.0 Å². The third-order valence-electron chi connectivity index (χ3n) is 5.30. The molecule has 1 aliphatic carbocycles. The van der Waals surface area contributed by atoms with Gasteiger partial charge in [-0.2, -0.15) is 0 Å². The molecule has 0 aromatic heterocycles. The highest BCUT2D eigenvalue weighted by Gasteiger charge is 2.32. The summed E-state index contributed by atoms with van der Waals surface area (Å²) in [6.45, 7) is 12.1. The number of rotatable bonds is 2. The standard InChI is InChI=1S/C19H36N2O2/c1-14-9-8-10-15(2)17(14)20-16-11-6-7-12-21(13-16)18(22)23-19(3,4)5/h14-17,20H,6-13H2,1-5H3. The number of nitrogens with zero attached hydrogens (tertiary/aromatic N) is 1. The number of hydrogen-bond acceptors (Lipinski definition) is 3. The van der Waals surface area contributed by atoms with Gasteiger partial charge in [-0.25, -0.2) is 4.79 Å². The number of carbonyl (C=O) groups is 1. The number of likely N-dealkylation sites (tertiary alicyclic amines) is 1. The fourth-order valence-electron chi connectivity index (χ4n) is 4.05. The monoisotopic (exact) mass is 324 g/mol. The number of carbonyl (C=O) groups excluding carboxylic acids is 1. The number of amides is 1. The lowest BCUT2D eigenvalue weighted by Gasteiger charge is -2.38. The second-order valence-corrected chi connectivity index (χ2v) is 8.70. The van der Waals surface area contributed by atoms with Crippen molar-refractivity contribution < 1.29 is 9.53 Å². The van der Waals surface area contributed by atoms with Crippen LogP contribution in [0.3, 0.4) is 0 Å². The Morgan fingerprint density at radius 2 is 1.70 bits per heavy atom. The van der Waals surface area contributed by atoms with E-state index in [0.717, 1.165) is 37.8 Å². The predicted molar refractivity (Wildman–Crippen MR) is 94.5 cm³/mol. The van der Waals surface area contributed by atoms with Crippen molar-refractivity contribution in [3.63, 3.8) is 0 Å². The first kappa shape index (κ1) is 18.6. The number of nitrogens with one attached hydrogen (secondary N) is 1. The quantitative estimate of drug-likeness (QED) is 0.828. The summed E-state index contributed by atoms with van der Waals surface area (Å²) in [7, 11) is 0. The van der Waals surface area contributed by atoms with Gasteiger partial charge in [-0.3, -0.25) is 0 Å². The maximum absolute atomic E-state index is 12.4. The van der Waals surface area contributed by atoms with Gasteiger partial charge in [0.1, 0.15) is 5.60 Å². The lowest BCUT2D eigenvalue weighted by atomic mass is 9.78. The fourth-order valence-corrected chi connectivity index (χ4v) is 4.05. The van der Waals surface area contributed by atoms with Gasteiger partial charge in [0.25, 0.3) is 0 Å². The van der Waals surface area contributed by atoms with Crippen molar-refractivity contribution in [2.45, 2.75) is 90.8 Å². The fraction of sp³-hybridized carbons (Fsp3) is 0.947. The molecule has 23 heavy (non-hydrogen) atoms. The van der Waals surface area contributed by atoms with Crippen LogP contribution in [-0.4, -0.2) is 41.8 Å². The van der Waals surface area contributed by atoms with Crippen LogP contribution < -0.4 is 5.32 Å². The molecular formula is C19H36N2O2. The SMILES string of the molecule is CC1CCCC(C)C1NC1CCCCN(C(=O)OC(C)(C)C)C1. The Hall–Kier alpha value is -0.770. The van der Waals surface area contributed by atoms with Crippen molar-refractivity contribution in [3.05, 3.63) is 0 Å². The van der Waals surface area contributed by atoms with E-state index in [1.165, 1.54) is 25.7 Å². The molecule has 0 aromatic carbocycles. The highest BCUT2D eigenvalue weighted by atomic mass is 16.6. The van der Waals surface area contributed by atoms with Crippen molar-refractivity contribution >= 4 is 6.09 Å². The Morgan fingerprint density at radius 3 is 2.30 bits per heavy atom. The van der Waals surface area contributed by atoms with Gasteiger partial charge in [-0.1, -0.05) is 26.7 Å². The lowest BCUT2D eigenvalue weighted by Crippen LogP contribution is -2.52. The smallest absolute Gasteiger partial charge is 0.410 e. The molecule has 1 heterocycles. The molecule has 1 saturated carbocycles. The molecule has 2 fully saturated rings. The van der Waals surface area contributed by atoms with Crippen LogP contribution in [0.5, 0.6) is 0 Å².